The van der Waals surface area contributed by atoms with Crippen LogP contribution in [0, 0.1) is 11.3 Å². The molecule has 1 aromatic carbocycles. The van der Waals surface area contributed by atoms with Gasteiger partial charge in [0.2, 0.25) is 5.91 Å². The largest absolute Gasteiger partial charge is 0.573 e. The second-order valence-corrected chi connectivity index (χ2v) is 6.15. The average molecular weight is 408 g/mol. The summed E-state index contributed by atoms with van der Waals surface area (Å²) in [7, 11) is 1.73. The molecular formula is C19H19F3N4O3. The number of carbonyl (C=O) groups is 2. The van der Waals surface area contributed by atoms with Crippen molar-refractivity contribution in [2.75, 3.05) is 20.1 Å². The van der Waals surface area contributed by atoms with Crippen molar-refractivity contribution in [2.24, 2.45) is 0 Å². The molecule has 1 unspecified atom stereocenters. The minimum Gasteiger partial charge on any atom is -0.406 e. The van der Waals surface area contributed by atoms with Gasteiger partial charge in [-0.25, -0.2) is 0 Å². The predicted molar refractivity (Wildman–Crippen MR) is 98.1 cm³/mol. The average Bonchev–Trinajstić information content (AvgIpc) is 3.16. The van der Waals surface area contributed by atoms with Gasteiger partial charge >= 0.3 is 6.36 Å². The Morgan fingerprint density at radius 1 is 1.45 bits per heavy atom. The molecule has 2 heterocycles. The van der Waals surface area contributed by atoms with Crippen LogP contribution >= 0.6 is 0 Å². The fraction of sp³-hybridized carbons (Fsp3) is 0.368. The molecule has 7 nitrogen and oxygen atoms in total. The summed E-state index contributed by atoms with van der Waals surface area (Å²) in [6.45, 7) is 1.07. The number of ether oxygens (including phenoxy) is 1. The maximum Gasteiger partial charge on any atom is 0.573 e. The highest BCUT2D eigenvalue weighted by molar-refractivity contribution is 5.96. The molecule has 10 heteroatoms. The van der Waals surface area contributed by atoms with Crippen LogP contribution in [0.1, 0.15) is 23.2 Å². The van der Waals surface area contributed by atoms with Crippen molar-refractivity contribution in [1.82, 2.24) is 15.2 Å². The molecule has 1 amide bonds. The van der Waals surface area contributed by atoms with Crippen LogP contribution in [0.15, 0.2) is 30.5 Å². The number of likely N-dealkylation sites (N-methyl/N-ethyl adjacent to an activating group) is 1. The number of pyridine rings is 1. The standard InChI is InChI=1S/C11H6F3NO2.C8H13N3O/c12-11(13,14)17-8-1-2-10-9(5-8)7(6-16)3-4-15-10;1-10-6-8(12)11-4-2-3-7(11)5-9/h1-6H;7,10H,2-4,6H2,1H3. The van der Waals surface area contributed by atoms with Crippen LogP contribution in [0.25, 0.3) is 10.9 Å². The highest BCUT2D eigenvalue weighted by Crippen LogP contribution is 2.26. The van der Waals surface area contributed by atoms with Gasteiger partial charge in [0.05, 0.1) is 18.1 Å². The van der Waals surface area contributed by atoms with Gasteiger partial charge in [-0.05, 0) is 44.2 Å². The molecule has 154 valence electrons. The number of nitriles is 1. The molecule has 1 atom stereocenters. The van der Waals surface area contributed by atoms with E-state index in [1.165, 1.54) is 18.3 Å². The van der Waals surface area contributed by atoms with E-state index in [0.29, 0.717) is 23.7 Å². The Morgan fingerprint density at radius 2 is 2.21 bits per heavy atom. The summed E-state index contributed by atoms with van der Waals surface area (Å²) in [6.07, 6.45) is -1.01. The zero-order valence-electron chi connectivity index (χ0n) is 15.6. The van der Waals surface area contributed by atoms with Crippen LogP contribution in [0.5, 0.6) is 5.75 Å². The number of aldehydes is 1. The third kappa shape index (κ3) is 6.15. The molecule has 1 fully saturated rings. The normalized spacial score (nSPS) is 16.0. The lowest BCUT2D eigenvalue weighted by Gasteiger charge is -2.18. The second-order valence-electron chi connectivity index (χ2n) is 6.15. The number of alkyl halides is 3. The summed E-state index contributed by atoms with van der Waals surface area (Å²) in [5.74, 6) is -0.345. The van der Waals surface area contributed by atoms with Crippen LogP contribution in [0.3, 0.4) is 0 Å². The molecule has 2 aromatic rings. The van der Waals surface area contributed by atoms with Crippen LogP contribution in [0.2, 0.25) is 0 Å². The lowest BCUT2D eigenvalue weighted by molar-refractivity contribution is -0.274. The zero-order valence-corrected chi connectivity index (χ0v) is 15.6. The van der Waals surface area contributed by atoms with Gasteiger partial charge < -0.3 is 15.0 Å². The molecular weight excluding hydrogens is 389 g/mol. The molecule has 3 rings (SSSR count). The Bertz CT molecular complexity index is 912. The number of hydrogen-bond acceptors (Lipinski definition) is 6. The van der Waals surface area contributed by atoms with E-state index in [-0.39, 0.29) is 23.3 Å². The van der Waals surface area contributed by atoms with Crippen molar-refractivity contribution in [2.45, 2.75) is 25.2 Å². The number of benzene rings is 1. The van der Waals surface area contributed by atoms with Crippen molar-refractivity contribution in [3.05, 3.63) is 36.0 Å². The third-order valence-corrected chi connectivity index (χ3v) is 4.16. The van der Waals surface area contributed by atoms with Crippen molar-refractivity contribution in [3.8, 4) is 11.8 Å². The molecule has 0 bridgehead atoms. The van der Waals surface area contributed by atoms with Gasteiger partial charge in [0.25, 0.3) is 0 Å². The van der Waals surface area contributed by atoms with E-state index in [9.17, 15) is 22.8 Å². The van der Waals surface area contributed by atoms with E-state index >= 15 is 0 Å². The van der Waals surface area contributed by atoms with Crippen molar-refractivity contribution < 1.29 is 27.5 Å². The number of carbonyl (C=O) groups excluding carboxylic acids is 2. The summed E-state index contributed by atoms with van der Waals surface area (Å²) in [6, 6.07) is 7.02. The smallest absolute Gasteiger partial charge is 0.406 e. The Balaban J connectivity index is 0.000000221. The highest BCUT2D eigenvalue weighted by atomic mass is 19.4. The molecule has 0 aliphatic carbocycles. The van der Waals surface area contributed by atoms with E-state index in [1.807, 2.05) is 0 Å². The summed E-state index contributed by atoms with van der Waals surface area (Å²) in [4.78, 5) is 27.6. The Labute approximate surface area is 165 Å². The van der Waals surface area contributed by atoms with Crippen LogP contribution in [-0.4, -0.2) is 54.6 Å². The molecule has 0 saturated carbocycles. The number of fused-ring (bicyclic) bond motifs is 1. The number of halogens is 3. The number of hydrogen-bond donors (Lipinski definition) is 1. The van der Waals surface area contributed by atoms with E-state index in [1.54, 1.807) is 11.9 Å². The predicted octanol–water partition coefficient (Wildman–Crippen LogP) is 2.67. The minimum absolute atomic E-state index is 0.0292. The molecule has 1 aromatic heterocycles. The van der Waals surface area contributed by atoms with Gasteiger partial charge in [0, 0.05) is 23.7 Å². The lowest BCUT2D eigenvalue weighted by Crippen LogP contribution is -2.39. The molecule has 0 spiro atoms. The monoisotopic (exact) mass is 408 g/mol. The Hall–Kier alpha value is -3.19. The summed E-state index contributed by atoms with van der Waals surface area (Å²) in [5, 5.41) is 11.8. The van der Waals surface area contributed by atoms with Gasteiger partial charge in [-0.1, -0.05) is 0 Å². The lowest BCUT2D eigenvalue weighted by atomic mass is 10.1. The van der Waals surface area contributed by atoms with Crippen LogP contribution in [0.4, 0.5) is 13.2 Å². The van der Waals surface area contributed by atoms with E-state index < -0.39 is 6.36 Å². The third-order valence-electron chi connectivity index (χ3n) is 4.16. The topological polar surface area (TPSA) is 95.3 Å². The fourth-order valence-corrected chi connectivity index (χ4v) is 2.90. The Kier molecular flexibility index (Phi) is 7.50. The first kappa shape index (κ1) is 22.1. The minimum atomic E-state index is -4.75. The maximum absolute atomic E-state index is 12.0. The van der Waals surface area contributed by atoms with E-state index in [4.69, 9.17) is 5.26 Å². The van der Waals surface area contributed by atoms with Gasteiger partial charge in [-0.15, -0.1) is 13.2 Å². The summed E-state index contributed by atoms with van der Waals surface area (Å²) < 4.78 is 39.8. The SMILES string of the molecule is CNCC(=O)N1CCCC1C#N.O=Cc1ccnc2ccc(OC(F)(F)F)cc12. The van der Waals surface area contributed by atoms with Gasteiger partial charge in [0.1, 0.15) is 11.8 Å². The fourth-order valence-electron chi connectivity index (χ4n) is 2.90. The van der Waals surface area contributed by atoms with E-state index in [2.05, 4.69) is 21.1 Å². The maximum atomic E-state index is 12.0. The molecule has 0 radical (unpaired) electrons. The number of amides is 1. The number of nitrogens with one attached hydrogen (secondary N) is 1. The van der Waals surface area contributed by atoms with Gasteiger partial charge in [0.15, 0.2) is 6.29 Å². The van der Waals surface area contributed by atoms with Crippen LogP contribution in [-0.2, 0) is 4.79 Å². The van der Waals surface area contributed by atoms with Crippen LogP contribution < -0.4 is 10.1 Å². The summed E-state index contributed by atoms with van der Waals surface area (Å²) in [5.41, 5.74) is 0.701. The number of likely N-dealkylation sites (tertiary alicyclic amines) is 1. The number of rotatable bonds is 4. The van der Waals surface area contributed by atoms with Gasteiger partial charge in [-0.3, -0.25) is 14.6 Å². The van der Waals surface area contributed by atoms with Gasteiger partial charge in [-0.2, -0.15) is 5.26 Å². The van der Waals surface area contributed by atoms with Crippen molar-refractivity contribution >= 4 is 23.1 Å². The molecule has 1 N–H and O–H groups in total. The second kappa shape index (κ2) is 9.84. The number of nitrogens with zero attached hydrogens (tertiary/aromatic N) is 3. The first-order valence-electron chi connectivity index (χ1n) is 8.72. The zero-order chi connectivity index (χ0) is 21.4. The van der Waals surface area contributed by atoms with E-state index in [0.717, 1.165) is 31.5 Å². The number of aromatic nitrogens is 1. The molecule has 1 aliphatic heterocycles. The first-order chi connectivity index (χ1) is 13.8. The van der Waals surface area contributed by atoms with Crippen molar-refractivity contribution in [1.29, 1.82) is 5.26 Å². The summed E-state index contributed by atoms with van der Waals surface area (Å²) >= 11 is 0. The van der Waals surface area contributed by atoms with Crippen molar-refractivity contribution in [3.63, 3.8) is 0 Å². The quantitative estimate of drug-likeness (QED) is 0.782. The Morgan fingerprint density at radius 3 is 2.83 bits per heavy atom. The molecule has 1 aliphatic rings. The highest BCUT2D eigenvalue weighted by Gasteiger charge is 2.31. The first-order valence-corrected chi connectivity index (χ1v) is 8.72. The molecule has 29 heavy (non-hydrogen) atoms. The molecule has 1 saturated heterocycles.